The first-order chi connectivity index (χ1) is 7.27. The van der Waals surface area contributed by atoms with Crippen molar-refractivity contribution in [3.8, 4) is 0 Å². The lowest BCUT2D eigenvalue weighted by Crippen LogP contribution is -2.32. The third-order valence-electron chi connectivity index (χ3n) is 2.81. The van der Waals surface area contributed by atoms with E-state index in [1.807, 2.05) is 24.3 Å². The first-order valence-corrected chi connectivity index (χ1v) is 6.12. The van der Waals surface area contributed by atoms with Crippen molar-refractivity contribution < 1.29 is 4.79 Å². The summed E-state index contributed by atoms with van der Waals surface area (Å²) < 4.78 is 0.862. The number of carbonyl (C=O) groups excluding carboxylic acids is 1. The van der Waals surface area contributed by atoms with Crippen LogP contribution in [0.15, 0.2) is 28.7 Å². The maximum Gasteiger partial charge on any atom is 0.252 e. The second-order valence-corrected chi connectivity index (χ2v) is 4.79. The predicted molar refractivity (Wildman–Crippen MR) is 63.9 cm³/mol. The number of rotatable bonds is 2. The van der Waals surface area contributed by atoms with Crippen molar-refractivity contribution in [2.45, 2.75) is 31.7 Å². The number of hydrogen-bond donors (Lipinski definition) is 1. The molecule has 0 unspecified atom stereocenters. The lowest BCUT2D eigenvalue weighted by Gasteiger charge is -2.12. The average molecular weight is 268 g/mol. The van der Waals surface area contributed by atoms with Gasteiger partial charge in [0.25, 0.3) is 5.91 Å². The highest BCUT2D eigenvalue weighted by molar-refractivity contribution is 9.10. The average Bonchev–Trinajstić information content (AvgIpc) is 2.71. The van der Waals surface area contributed by atoms with E-state index in [1.54, 1.807) is 0 Å². The van der Waals surface area contributed by atoms with Crippen LogP contribution < -0.4 is 5.32 Å². The summed E-state index contributed by atoms with van der Waals surface area (Å²) in [7, 11) is 0. The second kappa shape index (κ2) is 4.79. The summed E-state index contributed by atoms with van der Waals surface area (Å²) in [5.74, 6) is 0.0365. The Bertz CT molecular complexity index is 358. The van der Waals surface area contributed by atoms with Crippen molar-refractivity contribution >= 4 is 21.8 Å². The van der Waals surface area contributed by atoms with Gasteiger partial charge < -0.3 is 5.32 Å². The van der Waals surface area contributed by atoms with Gasteiger partial charge in [0, 0.05) is 10.5 Å². The molecule has 1 saturated carbocycles. The number of benzene rings is 1. The van der Waals surface area contributed by atoms with Crippen molar-refractivity contribution in [1.82, 2.24) is 5.32 Å². The Morgan fingerprint density at radius 2 is 1.93 bits per heavy atom. The lowest BCUT2D eigenvalue weighted by atomic mass is 10.2. The fourth-order valence-corrected chi connectivity index (χ4v) is 2.44. The Morgan fingerprint density at radius 3 is 2.60 bits per heavy atom. The molecule has 0 saturated heterocycles. The largest absolute Gasteiger partial charge is 0.349 e. The van der Waals surface area contributed by atoms with E-state index in [0.29, 0.717) is 6.04 Å². The third kappa shape index (κ3) is 2.59. The Labute approximate surface area is 98.2 Å². The smallest absolute Gasteiger partial charge is 0.252 e. The zero-order chi connectivity index (χ0) is 10.7. The quantitative estimate of drug-likeness (QED) is 0.877. The molecule has 3 heteroatoms. The molecule has 1 aromatic carbocycles. The minimum atomic E-state index is 0.0365. The summed E-state index contributed by atoms with van der Waals surface area (Å²) in [5.41, 5.74) is 0.726. The maximum absolute atomic E-state index is 11.9. The van der Waals surface area contributed by atoms with Crippen LogP contribution in [0.2, 0.25) is 0 Å². The number of halogens is 1. The second-order valence-electron chi connectivity index (χ2n) is 3.93. The Kier molecular flexibility index (Phi) is 3.41. The molecular formula is C12H14BrNO. The van der Waals surface area contributed by atoms with E-state index in [9.17, 15) is 4.79 Å². The molecule has 0 aliphatic heterocycles. The van der Waals surface area contributed by atoms with Crippen molar-refractivity contribution in [2.75, 3.05) is 0 Å². The van der Waals surface area contributed by atoms with Crippen LogP contribution in [0.4, 0.5) is 0 Å². The molecule has 0 spiro atoms. The van der Waals surface area contributed by atoms with E-state index in [1.165, 1.54) is 12.8 Å². The summed E-state index contributed by atoms with van der Waals surface area (Å²) in [6, 6.07) is 7.91. The van der Waals surface area contributed by atoms with E-state index in [2.05, 4.69) is 21.2 Å². The van der Waals surface area contributed by atoms with Crippen LogP contribution in [0.1, 0.15) is 36.0 Å². The van der Waals surface area contributed by atoms with Gasteiger partial charge in [-0.2, -0.15) is 0 Å². The van der Waals surface area contributed by atoms with Gasteiger partial charge in [0.2, 0.25) is 0 Å². The molecule has 80 valence electrons. The Morgan fingerprint density at radius 1 is 1.27 bits per heavy atom. The number of hydrogen-bond acceptors (Lipinski definition) is 1. The zero-order valence-electron chi connectivity index (χ0n) is 8.50. The van der Waals surface area contributed by atoms with Crippen molar-refractivity contribution in [2.24, 2.45) is 0 Å². The Hall–Kier alpha value is -0.830. The van der Waals surface area contributed by atoms with Gasteiger partial charge in [-0.05, 0) is 40.9 Å². The van der Waals surface area contributed by atoms with Crippen LogP contribution >= 0.6 is 15.9 Å². The highest BCUT2D eigenvalue weighted by Crippen LogP contribution is 2.20. The predicted octanol–water partition coefficient (Wildman–Crippen LogP) is 3.12. The molecule has 0 radical (unpaired) electrons. The van der Waals surface area contributed by atoms with Gasteiger partial charge in [0.05, 0.1) is 5.56 Å². The van der Waals surface area contributed by atoms with Crippen molar-refractivity contribution in [3.63, 3.8) is 0 Å². The third-order valence-corrected chi connectivity index (χ3v) is 3.50. The zero-order valence-corrected chi connectivity index (χ0v) is 10.1. The first-order valence-electron chi connectivity index (χ1n) is 5.33. The van der Waals surface area contributed by atoms with Crippen molar-refractivity contribution in [3.05, 3.63) is 34.3 Å². The van der Waals surface area contributed by atoms with E-state index in [0.717, 1.165) is 22.9 Å². The Balaban J connectivity index is 2.04. The molecule has 1 aromatic rings. The van der Waals surface area contributed by atoms with Crippen LogP contribution in [0.3, 0.4) is 0 Å². The highest BCUT2D eigenvalue weighted by atomic mass is 79.9. The molecule has 0 atom stereocenters. The van der Waals surface area contributed by atoms with Crippen LogP contribution in [-0.2, 0) is 0 Å². The van der Waals surface area contributed by atoms with E-state index in [4.69, 9.17) is 0 Å². The SMILES string of the molecule is O=C(NC1CCCC1)c1ccccc1Br. The van der Waals surface area contributed by atoms with Crippen LogP contribution in [0, 0.1) is 0 Å². The minimum absolute atomic E-state index is 0.0365. The van der Waals surface area contributed by atoms with E-state index in [-0.39, 0.29) is 5.91 Å². The summed E-state index contributed by atoms with van der Waals surface area (Å²) >= 11 is 3.39. The lowest BCUT2D eigenvalue weighted by molar-refractivity contribution is 0.0937. The van der Waals surface area contributed by atoms with Gasteiger partial charge in [0.1, 0.15) is 0 Å². The molecule has 0 aromatic heterocycles. The molecule has 1 aliphatic carbocycles. The molecule has 1 amide bonds. The summed E-state index contributed by atoms with van der Waals surface area (Å²) in [5, 5.41) is 3.07. The van der Waals surface area contributed by atoms with Gasteiger partial charge in [-0.15, -0.1) is 0 Å². The van der Waals surface area contributed by atoms with Gasteiger partial charge in [-0.1, -0.05) is 25.0 Å². The number of carbonyl (C=O) groups is 1. The molecule has 1 aliphatic rings. The summed E-state index contributed by atoms with van der Waals surface area (Å²) in [6.07, 6.45) is 4.72. The number of amides is 1. The van der Waals surface area contributed by atoms with Gasteiger partial charge >= 0.3 is 0 Å². The fourth-order valence-electron chi connectivity index (χ4n) is 1.98. The summed E-state index contributed by atoms with van der Waals surface area (Å²) in [4.78, 5) is 11.9. The topological polar surface area (TPSA) is 29.1 Å². The molecule has 1 N–H and O–H groups in total. The molecule has 0 bridgehead atoms. The fraction of sp³-hybridized carbons (Fsp3) is 0.417. The van der Waals surface area contributed by atoms with Crippen LogP contribution in [0.5, 0.6) is 0 Å². The van der Waals surface area contributed by atoms with Gasteiger partial charge in [-0.25, -0.2) is 0 Å². The monoisotopic (exact) mass is 267 g/mol. The standard InChI is InChI=1S/C12H14BrNO/c13-11-8-4-3-7-10(11)12(15)14-9-5-1-2-6-9/h3-4,7-9H,1-2,5-6H2,(H,14,15). The molecule has 2 nitrogen and oxygen atoms in total. The molecular weight excluding hydrogens is 254 g/mol. The van der Waals surface area contributed by atoms with Gasteiger partial charge in [0.15, 0.2) is 0 Å². The van der Waals surface area contributed by atoms with E-state index < -0.39 is 0 Å². The molecule has 0 heterocycles. The first kappa shape index (κ1) is 10.7. The molecule has 2 rings (SSSR count). The maximum atomic E-state index is 11.9. The minimum Gasteiger partial charge on any atom is -0.349 e. The molecule has 1 fully saturated rings. The van der Waals surface area contributed by atoms with Gasteiger partial charge in [-0.3, -0.25) is 4.79 Å². The summed E-state index contributed by atoms with van der Waals surface area (Å²) in [6.45, 7) is 0. The van der Waals surface area contributed by atoms with Crippen LogP contribution in [0.25, 0.3) is 0 Å². The van der Waals surface area contributed by atoms with Crippen LogP contribution in [-0.4, -0.2) is 11.9 Å². The normalized spacial score (nSPS) is 16.6. The molecule has 15 heavy (non-hydrogen) atoms. The van der Waals surface area contributed by atoms with Crippen molar-refractivity contribution in [1.29, 1.82) is 0 Å². The highest BCUT2D eigenvalue weighted by Gasteiger charge is 2.18. The van der Waals surface area contributed by atoms with E-state index >= 15 is 0 Å². The number of nitrogens with one attached hydrogen (secondary N) is 1.